The van der Waals surface area contributed by atoms with Crippen LogP contribution < -0.4 is 10.6 Å². The standard InChI is InChI=1S/C21H31N3O4S/c25-20(23-18-7-3-1-4-8-18)11-14-22-21(26)17-12-15-24(16-13-17)29(27,28)19-9-5-2-6-10-19/h2,5-6,9-10,17-18H,1,3-4,7-8,11-16H2,(H,22,26)(H,23,25). The first-order valence-corrected chi connectivity index (χ1v) is 12.0. The zero-order chi connectivity index (χ0) is 20.7. The van der Waals surface area contributed by atoms with Gasteiger partial charge in [-0.25, -0.2) is 8.42 Å². The molecule has 0 aromatic heterocycles. The summed E-state index contributed by atoms with van der Waals surface area (Å²) in [5.41, 5.74) is 0. The SMILES string of the molecule is O=C(CCNC(=O)C1CCN(S(=O)(=O)c2ccccc2)CC1)NC1CCCCC1. The Balaban J connectivity index is 1.38. The van der Waals surface area contributed by atoms with E-state index in [2.05, 4.69) is 10.6 Å². The van der Waals surface area contributed by atoms with Crippen molar-refractivity contribution in [3.63, 3.8) is 0 Å². The molecule has 0 spiro atoms. The number of piperidine rings is 1. The largest absolute Gasteiger partial charge is 0.355 e. The summed E-state index contributed by atoms with van der Waals surface area (Å²) in [5, 5.41) is 5.88. The predicted molar refractivity (Wildman–Crippen MR) is 111 cm³/mol. The minimum absolute atomic E-state index is 0.0130. The number of hydrogen-bond acceptors (Lipinski definition) is 4. The molecule has 160 valence electrons. The van der Waals surface area contributed by atoms with Gasteiger partial charge in [0.2, 0.25) is 21.8 Å². The first-order valence-electron chi connectivity index (χ1n) is 10.6. The molecule has 0 bridgehead atoms. The van der Waals surface area contributed by atoms with Crippen molar-refractivity contribution >= 4 is 21.8 Å². The van der Waals surface area contributed by atoms with Gasteiger partial charge in [-0.05, 0) is 37.8 Å². The molecule has 1 aliphatic carbocycles. The molecule has 29 heavy (non-hydrogen) atoms. The van der Waals surface area contributed by atoms with Gasteiger partial charge in [-0.15, -0.1) is 0 Å². The van der Waals surface area contributed by atoms with E-state index in [1.54, 1.807) is 30.3 Å². The molecule has 0 unspecified atom stereocenters. The number of nitrogens with zero attached hydrogens (tertiary/aromatic N) is 1. The summed E-state index contributed by atoms with van der Waals surface area (Å²) in [6, 6.07) is 8.65. The van der Waals surface area contributed by atoms with Crippen LogP contribution in [0, 0.1) is 5.92 Å². The van der Waals surface area contributed by atoms with Crippen LogP contribution in [0.5, 0.6) is 0 Å². The van der Waals surface area contributed by atoms with E-state index in [1.807, 2.05) is 0 Å². The fourth-order valence-electron chi connectivity index (χ4n) is 4.09. The second-order valence-electron chi connectivity index (χ2n) is 7.93. The molecule has 1 saturated carbocycles. The second kappa shape index (κ2) is 10.2. The molecule has 8 heteroatoms. The van der Waals surface area contributed by atoms with E-state index in [1.165, 1.54) is 23.6 Å². The van der Waals surface area contributed by atoms with E-state index in [4.69, 9.17) is 0 Å². The zero-order valence-corrected chi connectivity index (χ0v) is 17.6. The first kappa shape index (κ1) is 21.8. The lowest BCUT2D eigenvalue weighted by atomic mass is 9.95. The summed E-state index contributed by atoms with van der Waals surface area (Å²) in [7, 11) is -3.50. The van der Waals surface area contributed by atoms with Gasteiger partial charge >= 0.3 is 0 Å². The Morgan fingerprint density at radius 1 is 0.966 bits per heavy atom. The summed E-state index contributed by atoms with van der Waals surface area (Å²) in [4.78, 5) is 24.7. The number of carbonyl (C=O) groups is 2. The Labute approximate surface area is 173 Å². The van der Waals surface area contributed by atoms with Crippen LogP contribution in [-0.2, 0) is 19.6 Å². The third-order valence-electron chi connectivity index (χ3n) is 5.83. The van der Waals surface area contributed by atoms with Crippen LogP contribution in [0.3, 0.4) is 0 Å². The number of rotatable bonds is 7. The van der Waals surface area contributed by atoms with Gasteiger partial charge in [0.05, 0.1) is 4.90 Å². The third kappa shape index (κ3) is 6.02. The summed E-state index contributed by atoms with van der Waals surface area (Å²) < 4.78 is 26.8. The lowest BCUT2D eigenvalue weighted by Gasteiger charge is -2.30. The molecule has 2 amide bonds. The summed E-state index contributed by atoms with van der Waals surface area (Å²) in [6.07, 6.45) is 6.93. The third-order valence-corrected chi connectivity index (χ3v) is 7.74. The average molecular weight is 422 g/mol. The van der Waals surface area contributed by atoms with Crippen molar-refractivity contribution in [2.75, 3.05) is 19.6 Å². The molecule has 7 nitrogen and oxygen atoms in total. The van der Waals surface area contributed by atoms with Gasteiger partial charge in [0.15, 0.2) is 0 Å². The van der Waals surface area contributed by atoms with E-state index >= 15 is 0 Å². The molecule has 2 N–H and O–H groups in total. The molecule has 3 rings (SSSR count). The van der Waals surface area contributed by atoms with Gasteiger partial charge < -0.3 is 10.6 Å². The van der Waals surface area contributed by atoms with Crippen molar-refractivity contribution in [3.05, 3.63) is 30.3 Å². The first-order chi connectivity index (χ1) is 14.0. The Morgan fingerprint density at radius 3 is 2.28 bits per heavy atom. The Morgan fingerprint density at radius 2 is 1.62 bits per heavy atom. The van der Waals surface area contributed by atoms with Crippen LogP contribution in [0.15, 0.2) is 35.2 Å². The Bertz CT molecular complexity index is 783. The highest BCUT2D eigenvalue weighted by molar-refractivity contribution is 7.89. The number of sulfonamides is 1. The quantitative estimate of drug-likeness (QED) is 0.704. The van der Waals surface area contributed by atoms with Crippen LogP contribution in [0.4, 0.5) is 0 Å². The molecule has 1 aromatic rings. The fourth-order valence-corrected chi connectivity index (χ4v) is 5.58. The maximum atomic E-state index is 12.7. The highest BCUT2D eigenvalue weighted by Gasteiger charge is 2.31. The average Bonchev–Trinajstić information content (AvgIpc) is 2.75. The van der Waals surface area contributed by atoms with E-state index in [-0.39, 0.29) is 35.1 Å². The monoisotopic (exact) mass is 421 g/mol. The van der Waals surface area contributed by atoms with Gasteiger partial charge in [-0.1, -0.05) is 37.5 Å². The molecular weight excluding hydrogens is 390 g/mol. The summed E-state index contributed by atoms with van der Waals surface area (Å²) in [5.74, 6) is -0.313. The molecule has 1 aromatic carbocycles. The van der Waals surface area contributed by atoms with Crippen LogP contribution in [0.2, 0.25) is 0 Å². The number of hydrogen-bond donors (Lipinski definition) is 2. The highest BCUT2D eigenvalue weighted by atomic mass is 32.2. The zero-order valence-electron chi connectivity index (χ0n) is 16.8. The Hall–Kier alpha value is -1.93. The normalized spacial score (nSPS) is 19.6. The van der Waals surface area contributed by atoms with Crippen LogP contribution in [0.1, 0.15) is 51.4 Å². The minimum Gasteiger partial charge on any atom is -0.355 e. The van der Waals surface area contributed by atoms with Gasteiger partial charge in [0.25, 0.3) is 0 Å². The maximum Gasteiger partial charge on any atom is 0.243 e. The molecular formula is C21H31N3O4S. The van der Waals surface area contributed by atoms with Crippen molar-refractivity contribution in [2.45, 2.75) is 62.3 Å². The minimum atomic E-state index is -3.50. The molecule has 2 fully saturated rings. The Kier molecular flexibility index (Phi) is 7.66. The fraction of sp³-hybridized carbons (Fsp3) is 0.619. The van der Waals surface area contributed by atoms with Gasteiger partial charge in [-0.2, -0.15) is 4.31 Å². The van der Waals surface area contributed by atoms with E-state index in [0.29, 0.717) is 32.5 Å². The number of amides is 2. The lowest BCUT2D eigenvalue weighted by Crippen LogP contribution is -2.43. The van der Waals surface area contributed by atoms with Crippen LogP contribution in [-0.4, -0.2) is 50.2 Å². The van der Waals surface area contributed by atoms with Gasteiger partial charge in [0.1, 0.15) is 0 Å². The van der Waals surface area contributed by atoms with Crippen molar-refractivity contribution in [3.8, 4) is 0 Å². The van der Waals surface area contributed by atoms with Crippen LogP contribution >= 0.6 is 0 Å². The topological polar surface area (TPSA) is 95.6 Å². The summed E-state index contributed by atoms with van der Waals surface area (Å²) in [6.45, 7) is 0.981. The number of carbonyl (C=O) groups excluding carboxylic acids is 2. The van der Waals surface area contributed by atoms with Crippen molar-refractivity contribution in [1.29, 1.82) is 0 Å². The van der Waals surface area contributed by atoms with Crippen molar-refractivity contribution < 1.29 is 18.0 Å². The highest BCUT2D eigenvalue weighted by Crippen LogP contribution is 2.24. The second-order valence-corrected chi connectivity index (χ2v) is 9.87. The van der Waals surface area contributed by atoms with E-state index in [0.717, 1.165) is 12.8 Å². The van der Waals surface area contributed by atoms with E-state index < -0.39 is 10.0 Å². The van der Waals surface area contributed by atoms with E-state index in [9.17, 15) is 18.0 Å². The number of benzene rings is 1. The molecule has 2 aliphatic rings. The maximum absolute atomic E-state index is 12.7. The molecule has 1 saturated heterocycles. The molecule has 1 heterocycles. The predicted octanol–water partition coefficient (Wildman–Crippen LogP) is 2.04. The molecule has 0 radical (unpaired) electrons. The smallest absolute Gasteiger partial charge is 0.243 e. The van der Waals surface area contributed by atoms with Crippen molar-refractivity contribution in [2.24, 2.45) is 5.92 Å². The van der Waals surface area contributed by atoms with Crippen LogP contribution in [0.25, 0.3) is 0 Å². The van der Waals surface area contributed by atoms with Crippen molar-refractivity contribution in [1.82, 2.24) is 14.9 Å². The molecule has 1 aliphatic heterocycles. The summed E-state index contributed by atoms with van der Waals surface area (Å²) >= 11 is 0. The lowest BCUT2D eigenvalue weighted by molar-refractivity contribution is -0.126. The van der Waals surface area contributed by atoms with Gasteiger partial charge in [-0.3, -0.25) is 9.59 Å². The molecule has 0 atom stereocenters. The number of nitrogens with one attached hydrogen (secondary N) is 2. The van der Waals surface area contributed by atoms with Gasteiger partial charge in [0, 0.05) is 38.0 Å².